The van der Waals surface area contributed by atoms with Crippen molar-refractivity contribution in [1.29, 1.82) is 0 Å². The largest absolute Gasteiger partial charge is 0.447 e. The number of alkyl carbamates (subject to hydrolysis) is 1. The van der Waals surface area contributed by atoms with Gasteiger partial charge in [0, 0.05) is 19.0 Å². The van der Waals surface area contributed by atoms with Gasteiger partial charge in [0.25, 0.3) is 0 Å². The first-order valence-electron chi connectivity index (χ1n) is 5.69. The summed E-state index contributed by atoms with van der Waals surface area (Å²) in [5, 5.41) is 5.33. The highest BCUT2D eigenvalue weighted by Gasteiger charge is 2.07. The lowest BCUT2D eigenvalue weighted by molar-refractivity contribution is -0.121. The second-order valence-corrected chi connectivity index (χ2v) is 4.01. The highest BCUT2D eigenvalue weighted by molar-refractivity contribution is 5.77. The fourth-order valence-corrected chi connectivity index (χ4v) is 0.983. The van der Waals surface area contributed by atoms with Gasteiger partial charge in [0.05, 0.1) is 6.10 Å². The predicted molar refractivity (Wildman–Crippen MR) is 62.1 cm³/mol. The zero-order chi connectivity index (χ0) is 12.6. The number of carbonyl (C=O) groups is 2. The lowest BCUT2D eigenvalue weighted by Crippen LogP contribution is -2.35. The molecule has 0 saturated carbocycles. The van der Waals surface area contributed by atoms with Gasteiger partial charge in [-0.05, 0) is 27.2 Å². The predicted octanol–water partition coefficient (Wildman–Crippen LogP) is 1.43. The zero-order valence-corrected chi connectivity index (χ0v) is 10.5. The maximum Gasteiger partial charge on any atom is 0.407 e. The van der Waals surface area contributed by atoms with E-state index in [4.69, 9.17) is 4.74 Å². The Labute approximate surface area is 96.9 Å². The Hall–Kier alpha value is -1.26. The SMILES string of the molecule is CCC(C)NC(=O)CCNC(=O)OC(C)C. The first kappa shape index (κ1) is 14.7. The molecule has 0 rings (SSSR count). The van der Waals surface area contributed by atoms with Crippen LogP contribution in [0.4, 0.5) is 4.79 Å². The van der Waals surface area contributed by atoms with Gasteiger partial charge in [0.2, 0.25) is 5.91 Å². The summed E-state index contributed by atoms with van der Waals surface area (Å²) in [4.78, 5) is 22.4. The molecule has 0 saturated heterocycles. The van der Waals surface area contributed by atoms with E-state index in [0.29, 0.717) is 6.54 Å². The summed E-state index contributed by atoms with van der Waals surface area (Å²) in [6, 6.07) is 0.176. The minimum absolute atomic E-state index is 0.0563. The maximum atomic E-state index is 11.3. The van der Waals surface area contributed by atoms with Crippen LogP contribution >= 0.6 is 0 Å². The van der Waals surface area contributed by atoms with E-state index in [2.05, 4.69) is 10.6 Å². The molecule has 1 atom stereocenters. The number of ether oxygens (including phenoxy) is 1. The first-order chi connectivity index (χ1) is 7.45. The van der Waals surface area contributed by atoms with E-state index in [9.17, 15) is 9.59 Å². The van der Waals surface area contributed by atoms with Crippen molar-refractivity contribution in [3.8, 4) is 0 Å². The van der Waals surface area contributed by atoms with Crippen molar-refractivity contribution in [2.75, 3.05) is 6.54 Å². The average Bonchev–Trinajstić information content (AvgIpc) is 2.16. The fraction of sp³-hybridized carbons (Fsp3) is 0.818. The van der Waals surface area contributed by atoms with Gasteiger partial charge in [0.15, 0.2) is 0 Å². The molecule has 94 valence electrons. The number of rotatable bonds is 6. The zero-order valence-electron chi connectivity index (χ0n) is 10.5. The molecule has 1 unspecified atom stereocenters. The summed E-state index contributed by atoms with van der Waals surface area (Å²) < 4.78 is 4.85. The van der Waals surface area contributed by atoms with Gasteiger partial charge < -0.3 is 15.4 Å². The topological polar surface area (TPSA) is 67.4 Å². The third-order valence-electron chi connectivity index (χ3n) is 1.98. The van der Waals surface area contributed by atoms with Gasteiger partial charge in [-0.1, -0.05) is 6.92 Å². The number of hydrogen-bond acceptors (Lipinski definition) is 3. The van der Waals surface area contributed by atoms with Crippen molar-refractivity contribution in [3.63, 3.8) is 0 Å². The summed E-state index contributed by atoms with van der Waals surface area (Å²) in [5.41, 5.74) is 0. The second kappa shape index (κ2) is 7.96. The average molecular weight is 230 g/mol. The van der Waals surface area contributed by atoms with Crippen molar-refractivity contribution >= 4 is 12.0 Å². The molecule has 2 amide bonds. The molecule has 0 aliphatic heterocycles. The van der Waals surface area contributed by atoms with Crippen LogP contribution in [0.2, 0.25) is 0 Å². The third-order valence-corrected chi connectivity index (χ3v) is 1.98. The summed E-state index contributed by atoms with van der Waals surface area (Å²) in [6.07, 6.45) is 0.548. The minimum Gasteiger partial charge on any atom is -0.447 e. The molecule has 16 heavy (non-hydrogen) atoms. The highest BCUT2D eigenvalue weighted by Crippen LogP contribution is 1.90. The molecule has 0 heterocycles. The number of hydrogen-bond donors (Lipinski definition) is 2. The Morgan fingerprint density at radius 3 is 2.38 bits per heavy atom. The molecule has 0 radical (unpaired) electrons. The molecular formula is C11H22N2O3. The van der Waals surface area contributed by atoms with Crippen LogP contribution in [0.3, 0.4) is 0 Å². The van der Waals surface area contributed by atoms with Crippen LogP contribution in [0, 0.1) is 0 Å². The second-order valence-electron chi connectivity index (χ2n) is 4.01. The summed E-state index contributed by atoms with van der Waals surface area (Å²) >= 11 is 0. The van der Waals surface area contributed by atoms with Crippen molar-refractivity contribution in [3.05, 3.63) is 0 Å². The van der Waals surface area contributed by atoms with Gasteiger partial charge in [-0.15, -0.1) is 0 Å². The van der Waals surface area contributed by atoms with E-state index in [1.54, 1.807) is 13.8 Å². The molecule has 0 aromatic carbocycles. The van der Waals surface area contributed by atoms with Crippen LogP contribution in [0.1, 0.15) is 40.5 Å². The lowest BCUT2D eigenvalue weighted by Gasteiger charge is -2.12. The van der Waals surface area contributed by atoms with Crippen LogP contribution in [-0.2, 0) is 9.53 Å². The monoisotopic (exact) mass is 230 g/mol. The maximum absolute atomic E-state index is 11.3. The van der Waals surface area contributed by atoms with E-state index in [-0.39, 0.29) is 24.5 Å². The summed E-state index contributed by atoms with van der Waals surface area (Å²) in [5.74, 6) is -0.0563. The van der Waals surface area contributed by atoms with Gasteiger partial charge in [-0.2, -0.15) is 0 Å². The van der Waals surface area contributed by atoms with E-state index >= 15 is 0 Å². The lowest BCUT2D eigenvalue weighted by atomic mass is 10.2. The molecule has 0 aliphatic rings. The Bertz CT molecular complexity index is 229. The van der Waals surface area contributed by atoms with Crippen LogP contribution < -0.4 is 10.6 Å². The normalized spacial score (nSPS) is 12.1. The fourth-order valence-electron chi connectivity index (χ4n) is 0.983. The molecule has 5 nitrogen and oxygen atoms in total. The number of carbonyl (C=O) groups excluding carboxylic acids is 2. The van der Waals surface area contributed by atoms with Crippen molar-refractivity contribution < 1.29 is 14.3 Å². The molecule has 5 heteroatoms. The molecular weight excluding hydrogens is 208 g/mol. The minimum atomic E-state index is -0.480. The Balaban J connectivity index is 3.58. The quantitative estimate of drug-likeness (QED) is 0.725. The summed E-state index contributed by atoms with van der Waals surface area (Å²) in [7, 11) is 0. The standard InChI is InChI=1S/C11H22N2O3/c1-5-9(4)13-10(14)6-7-12-11(15)16-8(2)3/h8-9H,5-7H2,1-4H3,(H,12,15)(H,13,14). The van der Waals surface area contributed by atoms with Gasteiger partial charge in [-0.25, -0.2) is 4.79 Å². The Morgan fingerprint density at radius 1 is 1.25 bits per heavy atom. The van der Waals surface area contributed by atoms with E-state index < -0.39 is 6.09 Å². The van der Waals surface area contributed by atoms with Crippen LogP contribution in [-0.4, -0.2) is 30.7 Å². The molecule has 0 fully saturated rings. The third kappa shape index (κ3) is 8.08. The van der Waals surface area contributed by atoms with Crippen molar-refractivity contribution in [2.45, 2.75) is 52.7 Å². The van der Waals surface area contributed by atoms with Crippen LogP contribution in [0.5, 0.6) is 0 Å². The Morgan fingerprint density at radius 2 is 1.88 bits per heavy atom. The van der Waals surface area contributed by atoms with Gasteiger partial charge >= 0.3 is 6.09 Å². The molecule has 0 aromatic heterocycles. The van der Waals surface area contributed by atoms with Gasteiger partial charge in [-0.3, -0.25) is 4.79 Å². The van der Waals surface area contributed by atoms with E-state index in [0.717, 1.165) is 6.42 Å². The molecule has 0 aromatic rings. The van der Waals surface area contributed by atoms with Crippen molar-refractivity contribution in [2.24, 2.45) is 0 Å². The summed E-state index contributed by atoms with van der Waals surface area (Å²) in [6.45, 7) is 7.79. The van der Waals surface area contributed by atoms with E-state index in [1.807, 2.05) is 13.8 Å². The Kier molecular flexibility index (Phi) is 7.33. The molecule has 2 N–H and O–H groups in total. The number of nitrogens with one attached hydrogen (secondary N) is 2. The van der Waals surface area contributed by atoms with Crippen LogP contribution in [0.25, 0.3) is 0 Å². The van der Waals surface area contributed by atoms with E-state index in [1.165, 1.54) is 0 Å². The smallest absolute Gasteiger partial charge is 0.407 e. The first-order valence-corrected chi connectivity index (χ1v) is 5.69. The molecule has 0 spiro atoms. The number of amides is 2. The van der Waals surface area contributed by atoms with Gasteiger partial charge in [0.1, 0.15) is 0 Å². The molecule has 0 aliphatic carbocycles. The van der Waals surface area contributed by atoms with Crippen molar-refractivity contribution in [1.82, 2.24) is 10.6 Å². The highest BCUT2D eigenvalue weighted by atomic mass is 16.6. The molecule has 0 bridgehead atoms. The van der Waals surface area contributed by atoms with Crippen LogP contribution in [0.15, 0.2) is 0 Å².